The molecule has 0 bridgehead atoms. The molecule has 0 aliphatic carbocycles. The van der Waals surface area contributed by atoms with Crippen molar-refractivity contribution in [1.29, 1.82) is 5.26 Å². The molecule has 1 unspecified atom stereocenters. The van der Waals surface area contributed by atoms with Gasteiger partial charge in [0.05, 0.1) is 18.5 Å². The number of benzene rings is 2. The lowest BCUT2D eigenvalue weighted by Crippen LogP contribution is -2.27. The van der Waals surface area contributed by atoms with Crippen LogP contribution in [0.15, 0.2) is 54.6 Å². The first-order valence-corrected chi connectivity index (χ1v) is 6.53. The maximum Gasteiger partial charge on any atom is 0.252 e. The second-order valence-corrected chi connectivity index (χ2v) is 4.60. The lowest BCUT2D eigenvalue weighted by atomic mass is 10.0. The van der Waals surface area contributed by atoms with Gasteiger partial charge in [0.25, 0.3) is 5.91 Å². The number of carbonyl (C=O) groups excluding carboxylic acids is 1. The van der Waals surface area contributed by atoms with Crippen LogP contribution in [0.25, 0.3) is 0 Å². The van der Waals surface area contributed by atoms with Crippen LogP contribution in [-0.2, 0) is 6.42 Å². The Morgan fingerprint density at radius 2 is 1.80 bits per heavy atom. The van der Waals surface area contributed by atoms with E-state index in [9.17, 15) is 4.79 Å². The van der Waals surface area contributed by atoms with Crippen molar-refractivity contribution in [3.8, 4) is 6.07 Å². The third-order valence-corrected chi connectivity index (χ3v) is 3.18. The number of nitrogens with zero attached hydrogens (tertiary/aromatic N) is 1. The maximum atomic E-state index is 12.3. The van der Waals surface area contributed by atoms with Crippen LogP contribution >= 0.6 is 0 Å². The van der Waals surface area contributed by atoms with E-state index < -0.39 is 0 Å². The normalized spacial score (nSPS) is 11.4. The highest BCUT2D eigenvalue weighted by molar-refractivity contribution is 5.96. The summed E-state index contributed by atoms with van der Waals surface area (Å²) in [5.74, 6) is -0.146. The molecule has 1 N–H and O–H groups in total. The van der Waals surface area contributed by atoms with Gasteiger partial charge in [0.1, 0.15) is 0 Å². The average Bonchev–Trinajstić information content (AvgIpc) is 2.49. The number of amides is 1. The first-order chi connectivity index (χ1) is 9.72. The van der Waals surface area contributed by atoms with Crippen molar-refractivity contribution in [2.45, 2.75) is 19.4 Å². The number of rotatable bonds is 4. The van der Waals surface area contributed by atoms with Crippen molar-refractivity contribution in [3.05, 3.63) is 71.3 Å². The molecule has 2 aromatic rings. The summed E-state index contributed by atoms with van der Waals surface area (Å²) in [6.45, 7) is 1.94. The first kappa shape index (κ1) is 13.8. The minimum absolute atomic E-state index is 0.0705. The Morgan fingerprint density at radius 3 is 2.50 bits per heavy atom. The fourth-order valence-electron chi connectivity index (χ4n) is 2.08. The van der Waals surface area contributed by atoms with Crippen molar-refractivity contribution in [3.63, 3.8) is 0 Å². The fourth-order valence-corrected chi connectivity index (χ4v) is 2.08. The number of hydrogen-bond acceptors (Lipinski definition) is 2. The summed E-state index contributed by atoms with van der Waals surface area (Å²) < 4.78 is 0. The Hall–Kier alpha value is -2.60. The summed E-state index contributed by atoms with van der Waals surface area (Å²) in [7, 11) is 0. The summed E-state index contributed by atoms with van der Waals surface area (Å²) in [4.78, 5) is 12.3. The highest BCUT2D eigenvalue weighted by atomic mass is 16.1. The van der Waals surface area contributed by atoms with Crippen molar-refractivity contribution in [2.24, 2.45) is 0 Å². The fraction of sp³-hybridized carbons (Fsp3) is 0.176. The summed E-state index contributed by atoms with van der Waals surface area (Å²) in [6.07, 6.45) is 0.239. The van der Waals surface area contributed by atoms with Crippen LogP contribution in [-0.4, -0.2) is 5.91 Å². The van der Waals surface area contributed by atoms with Gasteiger partial charge in [-0.05, 0) is 24.1 Å². The third kappa shape index (κ3) is 3.24. The molecule has 0 aliphatic rings. The average molecular weight is 264 g/mol. The summed E-state index contributed by atoms with van der Waals surface area (Å²) in [6, 6.07) is 19.0. The van der Waals surface area contributed by atoms with Crippen LogP contribution in [0, 0.1) is 11.3 Å². The predicted octanol–water partition coefficient (Wildman–Crippen LogP) is 3.24. The maximum absolute atomic E-state index is 12.3. The SMILES string of the molecule is CC(NC(=O)c1ccccc1CC#N)c1ccccc1. The Bertz CT molecular complexity index is 629. The molecule has 2 aromatic carbocycles. The van der Waals surface area contributed by atoms with E-state index in [1.165, 1.54) is 0 Å². The second-order valence-electron chi connectivity index (χ2n) is 4.60. The van der Waals surface area contributed by atoms with E-state index in [2.05, 4.69) is 11.4 Å². The predicted molar refractivity (Wildman–Crippen MR) is 78.1 cm³/mol. The van der Waals surface area contributed by atoms with Gasteiger partial charge in [-0.25, -0.2) is 0 Å². The molecule has 20 heavy (non-hydrogen) atoms. The zero-order chi connectivity index (χ0) is 14.4. The molecule has 0 radical (unpaired) electrons. The lowest BCUT2D eigenvalue weighted by molar-refractivity contribution is 0.0939. The summed E-state index contributed by atoms with van der Waals surface area (Å²) in [5, 5.41) is 11.8. The third-order valence-electron chi connectivity index (χ3n) is 3.18. The van der Waals surface area contributed by atoms with Gasteiger partial charge in [0.15, 0.2) is 0 Å². The van der Waals surface area contributed by atoms with E-state index in [0.717, 1.165) is 11.1 Å². The van der Waals surface area contributed by atoms with E-state index in [0.29, 0.717) is 5.56 Å². The van der Waals surface area contributed by atoms with Gasteiger partial charge in [0, 0.05) is 5.56 Å². The highest BCUT2D eigenvalue weighted by Gasteiger charge is 2.14. The molecule has 100 valence electrons. The molecular formula is C17H16N2O. The van der Waals surface area contributed by atoms with Gasteiger partial charge in [-0.1, -0.05) is 48.5 Å². The standard InChI is InChI=1S/C17H16N2O/c1-13(14-7-3-2-4-8-14)19-17(20)16-10-6-5-9-15(16)11-12-18/h2-10,13H,11H2,1H3,(H,19,20). The van der Waals surface area contributed by atoms with Gasteiger partial charge >= 0.3 is 0 Å². The molecule has 0 saturated carbocycles. The number of hydrogen-bond donors (Lipinski definition) is 1. The molecule has 3 heteroatoms. The lowest BCUT2D eigenvalue weighted by Gasteiger charge is -2.15. The smallest absolute Gasteiger partial charge is 0.252 e. The van der Waals surface area contributed by atoms with E-state index in [1.807, 2.05) is 55.5 Å². The number of nitrogens with one attached hydrogen (secondary N) is 1. The van der Waals surface area contributed by atoms with Crippen LogP contribution in [0.3, 0.4) is 0 Å². The summed E-state index contributed by atoms with van der Waals surface area (Å²) >= 11 is 0. The Labute approximate surface area is 118 Å². The van der Waals surface area contributed by atoms with Gasteiger partial charge in [0.2, 0.25) is 0 Å². The zero-order valence-electron chi connectivity index (χ0n) is 11.3. The topological polar surface area (TPSA) is 52.9 Å². The highest BCUT2D eigenvalue weighted by Crippen LogP contribution is 2.14. The Balaban J connectivity index is 2.15. The molecule has 3 nitrogen and oxygen atoms in total. The van der Waals surface area contributed by atoms with Crippen molar-refractivity contribution >= 4 is 5.91 Å². The van der Waals surface area contributed by atoms with E-state index >= 15 is 0 Å². The Kier molecular flexibility index (Phi) is 4.52. The zero-order valence-corrected chi connectivity index (χ0v) is 11.3. The molecule has 2 rings (SSSR count). The van der Waals surface area contributed by atoms with Gasteiger partial charge in [-0.15, -0.1) is 0 Å². The molecule has 1 amide bonds. The van der Waals surface area contributed by atoms with Crippen LogP contribution in [0.5, 0.6) is 0 Å². The molecule has 0 fully saturated rings. The van der Waals surface area contributed by atoms with Crippen LogP contribution in [0.2, 0.25) is 0 Å². The molecule has 0 aromatic heterocycles. The van der Waals surface area contributed by atoms with Crippen LogP contribution < -0.4 is 5.32 Å². The number of nitriles is 1. The molecule has 0 aliphatic heterocycles. The molecule has 0 spiro atoms. The van der Waals surface area contributed by atoms with Gasteiger partial charge in [-0.3, -0.25) is 4.79 Å². The quantitative estimate of drug-likeness (QED) is 0.921. The van der Waals surface area contributed by atoms with E-state index in [1.54, 1.807) is 6.07 Å². The summed E-state index contributed by atoms with van der Waals surface area (Å²) in [5.41, 5.74) is 2.38. The largest absolute Gasteiger partial charge is 0.346 e. The molecular weight excluding hydrogens is 248 g/mol. The molecule has 1 atom stereocenters. The van der Waals surface area contributed by atoms with Crippen molar-refractivity contribution in [2.75, 3.05) is 0 Å². The van der Waals surface area contributed by atoms with Crippen LogP contribution in [0.1, 0.15) is 34.5 Å². The van der Waals surface area contributed by atoms with Gasteiger partial charge < -0.3 is 5.32 Å². The minimum atomic E-state index is -0.146. The van der Waals surface area contributed by atoms with Gasteiger partial charge in [-0.2, -0.15) is 5.26 Å². The van der Waals surface area contributed by atoms with E-state index in [-0.39, 0.29) is 18.4 Å². The van der Waals surface area contributed by atoms with Crippen LogP contribution in [0.4, 0.5) is 0 Å². The van der Waals surface area contributed by atoms with E-state index in [4.69, 9.17) is 5.26 Å². The monoisotopic (exact) mass is 264 g/mol. The molecule has 0 heterocycles. The Morgan fingerprint density at radius 1 is 1.15 bits per heavy atom. The van der Waals surface area contributed by atoms with Crippen molar-refractivity contribution < 1.29 is 4.79 Å². The minimum Gasteiger partial charge on any atom is -0.346 e. The molecule has 0 saturated heterocycles. The second kappa shape index (κ2) is 6.53. The van der Waals surface area contributed by atoms with Crippen molar-refractivity contribution in [1.82, 2.24) is 5.32 Å². The first-order valence-electron chi connectivity index (χ1n) is 6.53. The number of carbonyl (C=O) groups is 1.